The van der Waals surface area contributed by atoms with Crippen LogP contribution in [0, 0.1) is 6.92 Å². The van der Waals surface area contributed by atoms with Crippen molar-refractivity contribution in [2.75, 3.05) is 0 Å². The summed E-state index contributed by atoms with van der Waals surface area (Å²) < 4.78 is 5.18. The third kappa shape index (κ3) is 2.69. The number of esters is 1. The molecule has 0 saturated heterocycles. The van der Waals surface area contributed by atoms with E-state index in [9.17, 15) is 9.90 Å². The lowest BCUT2D eigenvalue weighted by Crippen LogP contribution is -2.06. The standard InChI is InChI=1S/C15H14O3/c1-11-6-2-3-7-12(11)10-18-15(17)13-8-4-5-9-14(13)16/h2-9,16H,10H2,1H3. The molecular weight excluding hydrogens is 228 g/mol. The zero-order chi connectivity index (χ0) is 13.0. The normalized spacial score (nSPS) is 10.1. The minimum atomic E-state index is -0.517. The van der Waals surface area contributed by atoms with Gasteiger partial charge in [-0.25, -0.2) is 4.79 Å². The Kier molecular flexibility index (Phi) is 3.63. The predicted octanol–water partition coefficient (Wildman–Crippen LogP) is 3.06. The van der Waals surface area contributed by atoms with E-state index in [1.807, 2.05) is 31.2 Å². The van der Waals surface area contributed by atoms with Crippen molar-refractivity contribution in [2.45, 2.75) is 13.5 Å². The van der Waals surface area contributed by atoms with Gasteiger partial charge in [0.1, 0.15) is 17.9 Å². The van der Waals surface area contributed by atoms with Crippen LogP contribution in [0.4, 0.5) is 0 Å². The molecule has 3 nitrogen and oxygen atoms in total. The highest BCUT2D eigenvalue weighted by molar-refractivity contribution is 5.92. The van der Waals surface area contributed by atoms with E-state index in [-0.39, 0.29) is 17.9 Å². The molecule has 0 aliphatic heterocycles. The highest BCUT2D eigenvalue weighted by Crippen LogP contribution is 2.17. The number of benzene rings is 2. The third-order valence-electron chi connectivity index (χ3n) is 2.74. The monoisotopic (exact) mass is 242 g/mol. The van der Waals surface area contributed by atoms with Crippen LogP contribution in [0.3, 0.4) is 0 Å². The first-order valence-electron chi connectivity index (χ1n) is 5.68. The lowest BCUT2D eigenvalue weighted by Gasteiger charge is -2.08. The number of carbonyl (C=O) groups excluding carboxylic acids is 1. The van der Waals surface area contributed by atoms with Crippen molar-refractivity contribution < 1.29 is 14.6 Å². The second kappa shape index (κ2) is 5.36. The van der Waals surface area contributed by atoms with Crippen LogP contribution >= 0.6 is 0 Å². The highest BCUT2D eigenvalue weighted by atomic mass is 16.5. The van der Waals surface area contributed by atoms with E-state index in [0.29, 0.717) is 0 Å². The number of para-hydroxylation sites is 1. The Bertz CT molecular complexity index is 561. The Morgan fingerprint density at radius 1 is 1.11 bits per heavy atom. The molecule has 0 heterocycles. The highest BCUT2D eigenvalue weighted by Gasteiger charge is 2.11. The van der Waals surface area contributed by atoms with Crippen molar-refractivity contribution in [3.05, 3.63) is 65.2 Å². The molecule has 0 unspecified atom stereocenters. The summed E-state index contributed by atoms with van der Waals surface area (Å²) in [7, 11) is 0. The third-order valence-corrected chi connectivity index (χ3v) is 2.74. The minimum Gasteiger partial charge on any atom is -0.507 e. The molecule has 2 aromatic rings. The van der Waals surface area contributed by atoms with Crippen molar-refractivity contribution in [1.82, 2.24) is 0 Å². The Labute approximate surface area is 106 Å². The molecule has 0 atom stereocenters. The quantitative estimate of drug-likeness (QED) is 0.841. The summed E-state index contributed by atoms with van der Waals surface area (Å²) in [5.41, 5.74) is 2.22. The van der Waals surface area contributed by atoms with Gasteiger partial charge in [0.15, 0.2) is 0 Å². The van der Waals surface area contributed by atoms with E-state index < -0.39 is 5.97 Å². The average Bonchev–Trinajstić information content (AvgIpc) is 2.38. The Morgan fingerprint density at radius 3 is 2.50 bits per heavy atom. The van der Waals surface area contributed by atoms with E-state index in [2.05, 4.69) is 0 Å². The molecule has 0 aliphatic rings. The summed E-state index contributed by atoms with van der Waals surface area (Å²) in [5.74, 6) is -0.580. The van der Waals surface area contributed by atoms with Gasteiger partial charge < -0.3 is 9.84 Å². The van der Waals surface area contributed by atoms with E-state index >= 15 is 0 Å². The number of ether oxygens (including phenoxy) is 1. The minimum absolute atomic E-state index is 0.0627. The molecule has 0 aliphatic carbocycles. The van der Waals surface area contributed by atoms with Gasteiger partial charge in [0.25, 0.3) is 0 Å². The Morgan fingerprint density at radius 2 is 1.78 bits per heavy atom. The molecule has 92 valence electrons. The average molecular weight is 242 g/mol. The van der Waals surface area contributed by atoms with Crippen molar-refractivity contribution in [3.63, 3.8) is 0 Å². The maximum atomic E-state index is 11.8. The predicted molar refractivity (Wildman–Crippen MR) is 68.4 cm³/mol. The molecule has 0 radical (unpaired) electrons. The van der Waals surface area contributed by atoms with Crippen molar-refractivity contribution in [2.24, 2.45) is 0 Å². The SMILES string of the molecule is Cc1ccccc1COC(=O)c1ccccc1O. The van der Waals surface area contributed by atoms with Crippen LogP contribution in [0.5, 0.6) is 5.75 Å². The van der Waals surface area contributed by atoms with Gasteiger partial charge in [-0.15, -0.1) is 0 Å². The summed E-state index contributed by atoms with van der Waals surface area (Å²) >= 11 is 0. The fourth-order valence-electron chi connectivity index (χ4n) is 1.64. The Hall–Kier alpha value is -2.29. The van der Waals surface area contributed by atoms with Crippen LogP contribution in [0.25, 0.3) is 0 Å². The number of phenolic OH excluding ortho intramolecular Hbond substituents is 1. The molecule has 0 fully saturated rings. The van der Waals surface area contributed by atoms with Gasteiger partial charge in [-0.1, -0.05) is 36.4 Å². The van der Waals surface area contributed by atoms with Gasteiger partial charge in [-0.2, -0.15) is 0 Å². The molecule has 0 bridgehead atoms. The van der Waals surface area contributed by atoms with Gasteiger partial charge in [0.2, 0.25) is 0 Å². The number of aryl methyl sites for hydroxylation is 1. The Balaban J connectivity index is 2.06. The van der Waals surface area contributed by atoms with Gasteiger partial charge in [-0.3, -0.25) is 0 Å². The summed E-state index contributed by atoms with van der Waals surface area (Å²) in [6.07, 6.45) is 0. The maximum Gasteiger partial charge on any atom is 0.342 e. The lowest BCUT2D eigenvalue weighted by molar-refractivity contribution is 0.0469. The number of phenols is 1. The fraction of sp³-hybridized carbons (Fsp3) is 0.133. The van der Waals surface area contributed by atoms with Crippen LogP contribution in [0.1, 0.15) is 21.5 Å². The van der Waals surface area contributed by atoms with Crippen LogP contribution in [0.15, 0.2) is 48.5 Å². The molecule has 0 spiro atoms. The topological polar surface area (TPSA) is 46.5 Å². The smallest absolute Gasteiger partial charge is 0.342 e. The molecule has 0 saturated carbocycles. The van der Waals surface area contributed by atoms with E-state index in [0.717, 1.165) is 11.1 Å². The molecule has 0 aromatic heterocycles. The maximum absolute atomic E-state index is 11.8. The van der Waals surface area contributed by atoms with Crippen LogP contribution in [-0.4, -0.2) is 11.1 Å². The van der Waals surface area contributed by atoms with Gasteiger partial charge in [0.05, 0.1) is 0 Å². The summed E-state index contributed by atoms with van der Waals surface area (Å²) in [4.78, 5) is 11.8. The molecule has 2 rings (SSSR count). The largest absolute Gasteiger partial charge is 0.507 e. The van der Waals surface area contributed by atoms with Crippen molar-refractivity contribution >= 4 is 5.97 Å². The number of hydrogen-bond acceptors (Lipinski definition) is 3. The zero-order valence-corrected chi connectivity index (χ0v) is 10.1. The van der Waals surface area contributed by atoms with Gasteiger partial charge in [-0.05, 0) is 30.2 Å². The molecule has 1 N–H and O–H groups in total. The summed E-state index contributed by atoms with van der Waals surface area (Å²) in [6, 6.07) is 14.0. The molecule has 18 heavy (non-hydrogen) atoms. The first-order chi connectivity index (χ1) is 8.68. The summed E-state index contributed by atoms with van der Waals surface area (Å²) in [6.45, 7) is 2.17. The zero-order valence-electron chi connectivity index (χ0n) is 10.1. The van der Waals surface area contributed by atoms with Crippen LogP contribution in [-0.2, 0) is 11.3 Å². The molecule has 2 aromatic carbocycles. The van der Waals surface area contributed by atoms with Crippen LogP contribution < -0.4 is 0 Å². The first kappa shape index (κ1) is 12.2. The number of carbonyl (C=O) groups is 1. The van der Waals surface area contributed by atoms with Gasteiger partial charge >= 0.3 is 5.97 Å². The molecule has 3 heteroatoms. The first-order valence-corrected chi connectivity index (χ1v) is 5.68. The number of aromatic hydroxyl groups is 1. The second-order valence-corrected chi connectivity index (χ2v) is 4.02. The fourth-order valence-corrected chi connectivity index (χ4v) is 1.64. The van der Waals surface area contributed by atoms with E-state index in [1.54, 1.807) is 12.1 Å². The van der Waals surface area contributed by atoms with Crippen LogP contribution in [0.2, 0.25) is 0 Å². The van der Waals surface area contributed by atoms with Gasteiger partial charge in [0, 0.05) is 0 Å². The molecular formula is C15H14O3. The lowest BCUT2D eigenvalue weighted by atomic mass is 10.1. The second-order valence-electron chi connectivity index (χ2n) is 4.02. The number of rotatable bonds is 3. The number of hydrogen-bond donors (Lipinski definition) is 1. The van der Waals surface area contributed by atoms with Crippen molar-refractivity contribution in [3.8, 4) is 5.75 Å². The molecule has 0 amide bonds. The summed E-state index contributed by atoms with van der Waals surface area (Å²) in [5, 5.41) is 9.53. The van der Waals surface area contributed by atoms with E-state index in [1.165, 1.54) is 12.1 Å². The van der Waals surface area contributed by atoms with Crippen molar-refractivity contribution in [1.29, 1.82) is 0 Å². The van der Waals surface area contributed by atoms with E-state index in [4.69, 9.17) is 4.74 Å².